The molecule has 1 aromatic heterocycles. The van der Waals surface area contributed by atoms with Crippen molar-refractivity contribution in [2.75, 3.05) is 19.6 Å². The van der Waals surface area contributed by atoms with Crippen LogP contribution in [0.5, 0.6) is 0 Å². The minimum Gasteiger partial charge on any atom is -0.333 e. The molecule has 0 bridgehead atoms. The second-order valence-electron chi connectivity index (χ2n) is 4.84. The van der Waals surface area contributed by atoms with E-state index in [1.807, 2.05) is 11.8 Å². The maximum Gasteiger partial charge on any atom is 0.264 e. The SMILES string of the molecule is C[C@H]1CNCCN1C(=O)c1cc2cc(F)ccc2s1.Cl. The first kappa shape index (κ1) is 15.2. The topological polar surface area (TPSA) is 32.3 Å². The summed E-state index contributed by atoms with van der Waals surface area (Å²) in [7, 11) is 0. The normalized spacial score (nSPS) is 18.9. The van der Waals surface area contributed by atoms with E-state index in [9.17, 15) is 9.18 Å². The van der Waals surface area contributed by atoms with Crippen LogP contribution in [0, 0.1) is 5.82 Å². The van der Waals surface area contributed by atoms with Gasteiger partial charge in [0.15, 0.2) is 0 Å². The van der Waals surface area contributed by atoms with Crippen molar-refractivity contribution in [2.24, 2.45) is 0 Å². The summed E-state index contributed by atoms with van der Waals surface area (Å²) in [5, 5.41) is 4.07. The second kappa shape index (κ2) is 6.08. The molecular formula is C14H16ClFN2OS. The Morgan fingerprint density at radius 3 is 3.00 bits per heavy atom. The molecule has 2 aromatic rings. The number of fused-ring (bicyclic) bond motifs is 1. The Bertz CT molecular complexity index is 631. The molecular weight excluding hydrogens is 299 g/mol. The lowest BCUT2D eigenvalue weighted by Crippen LogP contribution is -2.52. The van der Waals surface area contributed by atoms with Crippen molar-refractivity contribution in [1.29, 1.82) is 0 Å². The molecule has 2 heterocycles. The summed E-state index contributed by atoms with van der Waals surface area (Å²) < 4.78 is 14.1. The number of hydrogen-bond donors (Lipinski definition) is 1. The Morgan fingerprint density at radius 2 is 2.25 bits per heavy atom. The van der Waals surface area contributed by atoms with Crippen LogP contribution in [0.2, 0.25) is 0 Å². The summed E-state index contributed by atoms with van der Waals surface area (Å²) in [5.41, 5.74) is 0. The zero-order chi connectivity index (χ0) is 13.4. The van der Waals surface area contributed by atoms with Crippen molar-refractivity contribution in [2.45, 2.75) is 13.0 Å². The van der Waals surface area contributed by atoms with E-state index in [2.05, 4.69) is 5.32 Å². The molecule has 1 N–H and O–H groups in total. The average molecular weight is 315 g/mol. The van der Waals surface area contributed by atoms with Crippen molar-refractivity contribution in [3.8, 4) is 0 Å². The van der Waals surface area contributed by atoms with E-state index in [0.29, 0.717) is 4.88 Å². The van der Waals surface area contributed by atoms with Crippen LogP contribution in [0.1, 0.15) is 16.6 Å². The zero-order valence-corrected chi connectivity index (χ0v) is 12.7. The Labute approximate surface area is 127 Å². The first-order valence-electron chi connectivity index (χ1n) is 6.36. The number of halogens is 2. The standard InChI is InChI=1S/C14H15FN2OS.ClH/c1-9-8-16-4-5-17(9)14(18)13-7-10-6-11(15)2-3-12(10)19-13;/h2-3,6-7,9,16H,4-5,8H2,1H3;1H/t9-;/m0./s1. The van der Waals surface area contributed by atoms with Crippen LogP contribution in [0.3, 0.4) is 0 Å². The molecule has 6 heteroatoms. The highest BCUT2D eigenvalue weighted by molar-refractivity contribution is 7.20. The average Bonchev–Trinajstić information content (AvgIpc) is 2.81. The summed E-state index contributed by atoms with van der Waals surface area (Å²) in [6.07, 6.45) is 0. The minimum atomic E-state index is -0.264. The monoisotopic (exact) mass is 314 g/mol. The van der Waals surface area contributed by atoms with Gasteiger partial charge in [-0.3, -0.25) is 4.79 Å². The number of hydrogen-bond acceptors (Lipinski definition) is 3. The molecule has 0 spiro atoms. The highest BCUT2D eigenvalue weighted by Gasteiger charge is 2.25. The molecule has 0 aliphatic carbocycles. The number of thiophene rings is 1. The van der Waals surface area contributed by atoms with Gasteiger partial charge >= 0.3 is 0 Å². The summed E-state index contributed by atoms with van der Waals surface area (Å²) in [6, 6.07) is 6.63. The van der Waals surface area contributed by atoms with Gasteiger partial charge in [-0.05, 0) is 36.6 Å². The number of nitrogens with one attached hydrogen (secondary N) is 1. The van der Waals surface area contributed by atoms with Gasteiger partial charge in [0.25, 0.3) is 5.91 Å². The number of carbonyl (C=O) groups excluding carboxylic acids is 1. The smallest absolute Gasteiger partial charge is 0.264 e. The van der Waals surface area contributed by atoms with Gasteiger partial charge in [-0.2, -0.15) is 0 Å². The predicted molar refractivity (Wildman–Crippen MR) is 82.4 cm³/mol. The predicted octanol–water partition coefficient (Wildman–Crippen LogP) is 2.90. The Balaban J connectivity index is 0.00000147. The fraction of sp³-hybridized carbons (Fsp3) is 0.357. The number of carbonyl (C=O) groups is 1. The minimum absolute atomic E-state index is 0. The summed E-state index contributed by atoms with van der Waals surface area (Å²) in [5.74, 6) is -0.213. The molecule has 1 fully saturated rings. The van der Waals surface area contributed by atoms with Gasteiger partial charge in [0, 0.05) is 30.4 Å². The van der Waals surface area contributed by atoms with Crippen molar-refractivity contribution in [3.05, 3.63) is 35.0 Å². The van der Waals surface area contributed by atoms with Gasteiger partial charge in [0.05, 0.1) is 4.88 Å². The molecule has 1 aliphatic rings. The van der Waals surface area contributed by atoms with E-state index in [-0.39, 0.29) is 30.2 Å². The van der Waals surface area contributed by atoms with Gasteiger partial charge in [-0.1, -0.05) is 0 Å². The Kier molecular flexibility index (Phi) is 4.62. The zero-order valence-electron chi connectivity index (χ0n) is 11.1. The van der Waals surface area contributed by atoms with Gasteiger partial charge in [0.1, 0.15) is 5.82 Å². The molecule has 1 aromatic carbocycles. The van der Waals surface area contributed by atoms with E-state index in [0.717, 1.165) is 29.7 Å². The van der Waals surface area contributed by atoms with Crippen LogP contribution in [-0.4, -0.2) is 36.5 Å². The van der Waals surface area contributed by atoms with E-state index in [1.54, 1.807) is 12.1 Å². The summed E-state index contributed by atoms with van der Waals surface area (Å²) >= 11 is 1.43. The van der Waals surface area contributed by atoms with E-state index in [1.165, 1.54) is 23.5 Å². The molecule has 3 nitrogen and oxygen atoms in total. The van der Waals surface area contributed by atoms with E-state index >= 15 is 0 Å². The van der Waals surface area contributed by atoms with Gasteiger partial charge in [0.2, 0.25) is 0 Å². The molecule has 108 valence electrons. The van der Waals surface area contributed by atoms with Crippen LogP contribution < -0.4 is 5.32 Å². The highest BCUT2D eigenvalue weighted by Crippen LogP contribution is 2.27. The largest absolute Gasteiger partial charge is 0.333 e. The molecule has 0 saturated carbocycles. The third-order valence-electron chi connectivity index (χ3n) is 3.45. The number of amides is 1. The van der Waals surface area contributed by atoms with E-state index < -0.39 is 0 Å². The summed E-state index contributed by atoms with van der Waals surface area (Å²) in [6.45, 7) is 4.42. The number of benzene rings is 1. The lowest BCUT2D eigenvalue weighted by atomic mass is 10.2. The Hall–Kier alpha value is -1.17. The van der Waals surface area contributed by atoms with Gasteiger partial charge < -0.3 is 10.2 Å². The van der Waals surface area contributed by atoms with Crippen LogP contribution in [0.25, 0.3) is 10.1 Å². The Morgan fingerprint density at radius 1 is 1.45 bits per heavy atom. The highest BCUT2D eigenvalue weighted by atomic mass is 35.5. The number of nitrogens with zero attached hydrogens (tertiary/aromatic N) is 1. The fourth-order valence-corrected chi connectivity index (χ4v) is 3.40. The second-order valence-corrected chi connectivity index (χ2v) is 5.93. The molecule has 0 radical (unpaired) electrons. The van der Waals surface area contributed by atoms with Crippen molar-refractivity contribution < 1.29 is 9.18 Å². The molecule has 0 unspecified atom stereocenters. The quantitative estimate of drug-likeness (QED) is 0.878. The molecule has 20 heavy (non-hydrogen) atoms. The maximum absolute atomic E-state index is 13.2. The number of rotatable bonds is 1. The third kappa shape index (κ3) is 2.80. The third-order valence-corrected chi connectivity index (χ3v) is 4.56. The maximum atomic E-state index is 13.2. The summed E-state index contributed by atoms with van der Waals surface area (Å²) in [4.78, 5) is 15.1. The van der Waals surface area contributed by atoms with E-state index in [4.69, 9.17) is 0 Å². The lowest BCUT2D eigenvalue weighted by Gasteiger charge is -2.33. The van der Waals surface area contributed by atoms with Crippen LogP contribution in [0.4, 0.5) is 4.39 Å². The first-order chi connectivity index (χ1) is 9.15. The molecule has 1 atom stereocenters. The molecule has 1 aliphatic heterocycles. The van der Waals surface area contributed by atoms with Gasteiger partial charge in [-0.25, -0.2) is 4.39 Å². The van der Waals surface area contributed by atoms with Crippen LogP contribution in [0.15, 0.2) is 24.3 Å². The number of piperazine rings is 1. The van der Waals surface area contributed by atoms with Crippen LogP contribution in [-0.2, 0) is 0 Å². The first-order valence-corrected chi connectivity index (χ1v) is 7.17. The molecule has 1 saturated heterocycles. The molecule has 1 amide bonds. The fourth-order valence-electron chi connectivity index (χ4n) is 2.40. The van der Waals surface area contributed by atoms with Crippen LogP contribution >= 0.6 is 23.7 Å². The van der Waals surface area contributed by atoms with Crippen molar-refractivity contribution in [3.63, 3.8) is 0 Å². The van der Waals surface area contributed by atoms with Crippen molar-refractivity contribution in [1.82, 2.24) is 10.2 Å². The molecule has 3 rings (SSSR count). The van der Waals surface area contributed by atoms with Crippen molar-refractivity contribution >= 4 is 39.7 Å². The van der Waals surface area contributed by atoms with Gasteiger partial charge in [-0.15, -0.1) is 23.7 Å². The lowest BCUT2D eigenvalue weighted by molar-refractivity contribution is 0.0661.